The number of alkyl halides is 1. The van der Waals surface area contributed by atoms with Gasteiger partial charge in [0.15, 0.2) is 5.82 Å². The van der Waals surface area contributed by atoms with E-state index < -0.39 is 0 Å². The summed E-state index contributed by atoms with van der Waals surface area (Å²) in [6.45, 7) is 4.18. The zero-order valence-corrected chi connectivity index (χ0v) is 10.1. The average Bonchev–Trinajstić information content (AvgIpc) is 2.68. The largest absolute Gasteiger partial charge is 0.324 e. The monoisotopic (exact) mass is 240 g/mol. The van der Waals surface area contributed by atoms with Crippen molar-refractivity contribution in [2.24, 2.45) is 0 Å². The predicted molar refractivity (Wildman–Crippen MR) is 64.3 cm³/mol. The molecule has 0 radical (unpaired) electrons. The number of nitrogens with zero attached hydrogens (tertiary/aromatic N) is 2. The van der Waals surface area contributed by atoms with E-state index in [1.54, 1.807) is 6.07 Å². The van der Waals surface area contributed by atoms with E-state index in [0.29, 0.717) is 11.4 Å². The zero-order valence-electron chi connectivity index (χ0n) is 9.37. The molecule has 0 spiro atoms. The van der Waals surface area contributed by atoms with E-state index in [4.69, 9.17) is 11.6 Å². The van der Waals surface area contributed by atoms with E-state index in [-0.39, 0.29) is 11.9 Å². The molecule has 0 fully saturated rings. The Balaban J connectivity index is 2.73. The average molecular weight is 241 g/mol. The molecule has 2 rings (SSSR count). The van der Waals surface area contributed by atoms with Crippen molar-refractivity contribution in [2.75, 3.05) is 0 Å². The first-order chi connectivity index (χ1) is 7.69. The molecule has 0 saturated heterocycles. The Kier molecular flexibility index (Phi) is 3.15. The smallest absolute Gasteiger partial charge is 0.151 e. The molecule has 0 amide bonds. The van der Waals surface area contributed by atoms with E-state index in [1.165, 1.54) is 6.07 Å². The van der Waals surface area contributed by atoms with Crippen LogP contribution in [0.4, 0.5) is 4.39 Å². The van der Waals surface area contributed by atoms with Gasteiger partial charge in [0, 0.05) is 6.04 Å². The number of imidazole rings is 1. The lowest BCUT2D eigenvalue weighted by atomic mass is 10.2. The van der Waals surface area contributed by atoms with Gasteiger partial charge in [0.25, 0.3) is 0 Å². The third kappa shape index (κ3) is 1.69. The predicted octanol–water partition coefficient (Wildman–Crippen LogP) is 3.89. The van der Waals surface area contributed by atoms with Gasteiger partial charge < -0.3 is 4.57 Å². The molecule has 1 heterocycles. The summed E-state index contributed by atoms with van der Waals surface area (Å²) in [6, 6.07) is 5.29. The number of rotatable bonds is 3. The molecule has 1 unspecified atom stereocenters. The summed E-state index contributed by atoms with van der Waals surface area (Å²) in [5.74, 6) is 0.750. The minimum Gasteiger partial charge on any atom is -0.324 e. The highest BCUT2D eigenvalue weighted by Crippen LogP contribution is 2.25. The molecule has 2 nitrogen and oxygen atoms in total. The van der Waals surface area contributed by atoms with Gasteiger partial charge in [-0.15, -0.1) is 11.6 Å². The van der Waals surface area contributed by atoms with Gasteiger partial charge >= 0.3 is 0 Å². The fourth-order valence-electron chi connectivity index (χ4n) is 1.90. The summed E-state index contributed by atoms with van der Waals surface area (Å²) >= 11 is 5.85. The Morgan fingerprint density at radius 1 is 1.50 bits per heavy atom. The van der Waals surface area contributed by atoms with Crippen molar-refractivity contribution in [1.82, 2.24) is 9.55 Å². The molecule has 0 N–H and O–H groups in total. The third-order valence-corrected chi connectivity index (χ3v) is 3.13. The topological polar surface area (TPSA) is 17.8 Å². The fraction of sp³-hybridized carbons (Fsp3) is 0.417. The van der Waals surface area contributed by atoms with E-state index in [0.717, 1.165) is 17.8 Å². The van der Waals surface area contributed by atoms with Crippen molar-refractivity contribution < 1.29 is 4.39 Å². The van der Waals surface area contributed by atoms with Crippen LogP contribution in [0.15, 0.2) is 18.2 Å². The molecule has 2 aromatic rings. The molecule has 1 aromatic heterocycles. The van der Waals surface area contributed by atoms with Gasteiger partial charge in [0.1, 0.15) is 11.3 Å². The summed E-state index contributed by atoms with van der Waals surface area (Å²) in [7, 11) is 0. The number of benzene rings is 1. The van der Waals surface area contributed by atoms with Gasteiger partial charge in [-0.25, -0.2) is 9.37 Å². The van der Waals surface area contributed by atoms with Gasteiger partial charge in [-0.05, 0) is 25.5 Å². The summed E-state index contributed by atoms with van der Waals surface area (Å²) in [5.41, 5.74) is 1.24. The van der Waals surface area contributed by atoms with E-state index in [1.807, 2.05) is 10.6 Å². The van der Waals surface area contributed by atoms with Crippen molar-refractivity contribution in [3.05, 3.63) is 29.8 Å². The molecule has 86 valence electrons. The van der Waals surface area contributed by atoms with Crippen LogP contribution >= 0.6 is 11.6 Å². The van der Waals surface area contributed by atoms with Crippen LogP contribution in [0.25, 0.3) is 11.0 Å². The maximum absolute atomic E-state index is 13.6. The second kappa shape index (κ2) is 4.42. The summed E-state index contributed by atoms with van der Waals surface area (Å²) < 4.78 is 15.6. The Hall–Kier alpha value is -1.09. The van der Waals surface area contributed by atoms with Crippen LogP contribution in [0.2, 0.25) is 0 Å². The first kappa shape index (κ1) is 11.4. The number of halogens is 2. The second-order valence-corrected chi connectivity index (χ2v) is 4.16. The minimum absolute atomic E-state index is 0.278. The van der Waals surface area contributed by atoms with Crippen molar-refractivity contribution in [2.45, 2.75) is 32.2 Å². The molecule has 0 aliphatic heterocycles. The number of hydrogen-bond donors (Lipinski definition) is 0. The van der Waals surface area contributed by atoms with Crippen LogP contribution in [0.5, 0.6) is 0 Å². The van der Waals surface area contributed by atoms with E-state index >= 15 is 0 Å². The molecular formula is C12H14ClFN2. The van der Waals surface area contributed by atoms with Crippen molar-refractivity contribution in [3.63, 3.8) is 0 Å². The maximum atomic E-state index is 13.6. The van der Waals surface area contributed by atoms with Crippen LogP contribution < -0.4 is 0 Å². The molecule has 0 bridgehead atoms. The highest BCUT2D eigenvalue weighted by molar-refractivity contribution is 6.16. The number of aromatic nitrogens is 2. The third-order valence-electron chi connectivity index (χ3n) is 2.90. The lowest BCUT2D eigenvalue weighted by Crippen LogP contribution is -2.07. The molecule has 0 saturated carbocycles. The van der Waals surface area contributed by atoms with Gasteiger partial charge in [0.2, 0.25) is 0 Å². The lowest BCUT2D eigenvalue weighted by Gasteiger charge is -2.14. The van der Waals surface area contributed by atoms with Crippen molar-refractivity contribution in [3.8, 4) is 0 Å². The van der Waals surface area contributed by atoms with Gasteiger partial charge in [-0.3, -0.25) is 0 Å². The van der Waals surface area contributed by atoms with Crippen LogP contribution in [0, 0.1) is 5.82 Å². The number of hydrogen-bond acceptors (Lipinski definition) is 1. The zero-order chi connectivity index (χ0) is 11.7. The normalized spacial score (nSPS) is 13.2. The van der Waals surface area contributed by atoms with Gasteiger partial charge in [-0.2, -0.15) is 0 Å². The molecule has 16 heavy (non-hydrogen) atoms. The Labute approximate surface area is 99.0 Å². The van der Waals surface area contributed by atoms with Crippen LogP contribution in [0.3, 0.4) is 0 Å². The lowest BCUT2D eigenvalue weighted by molar-refractivity contribution is 0.530. The van der Waals surface area contributed by atoms with Crippen molar-refractivity contribution in [1.29, 1.82) is 0 Å². The minimum atomic E-state index is -0.286. The van der Waals surface area contributed by atoms with Crippen LogP contribution in [-0.2, 0) is 5.88 Å². The number of para-hydroxylation sites is 1. The van der Waals surface area contributed by atoms with Crippen molar-refractivity contribution >= 4 is 22.6 Å². The summed E-state index contributed by atoms with van der Waals surface area (Å²) in [6.07, 6.45) is 0.964. The molecule has 1 aromatic carbocycles. The van der Waals surface area contributed by atoms with Gasteiger partial charge in [-0.1, -0.05) is 13.0 Å². The molecule has 0 aliphatic carbocycles. The Bertz CT molecular complexity index is 507. The van der Waals surface area contributed by atoms with E-state index in [9.17, 15) is 4.39 Å². The highest BCUT2D eigenvalue weighted by Gasteiger charge is 2.15. The van der Waals surface area contributed by atoms with Crippen LogP contribution in [0.1, 0.15) is 32.1 Å². The van der Waals surface area contributed by atoms with Gasteiger partial charge in [0.05, 0.1) is 11.4 Å². The molecular weight excluding hydrogens is 227 g/mol. The number of fused-ring (bicyclic) bond motifs is 1. The Morgan fingerprint density at radius 3 is 2.88 bits per heavy atom. The van der Waals surface area contributed by atoms with Crippen LogP contribution in [-0.4, -0.2) is 9.55 Å². The fourth-order valence-corrected chi connectivity index (χ4v) is 2.09. The standard InChI is InChI=1S/C12H14ClFN2/c1-3-8(2)16-10-6-4-5-9(14)12(10)15-11(16)7-13/h4-6,8H,3,7H2,1-2H3. The SMILES string of the molecule is CCC(C)n1c(CCl)nc2c(F)cccc21. The quantitative estimate of drug-likeness (QED) is 0.745. The summed E-state index contributed by atoms with van der Waals surface area (Å²) in [5, 5.41) is 0. The maximum Gasteiger partial charge on any atom is 0.151 e. The van der Waals surface area contributed by atoms with E-state index in [2.05, 4.69) is 18.8 Å². The first-order valence-electron chi connectivity index (χ1n) is 5.40. The molecule has 0 aliphatic rings. The Morgan fingerprint density at radius 2 is 2.25 bits per heavy atom. The first-order valence-corrected chi connectivity index (χ1v) is 5.93. The molecule has 4 heteroatoms. The second-order valence-electron chi connectivity index (χ2n) is 3.90. The summed E-state index contributed by atoms with van der Waals surface area (Å²) in [4.78, 5) is 4.26. The molecule has 1 atom stereocenters. The highest BCUT2D eigenvalue weighted by atomic mass is 35.5.